The third kappa shape index (κ3) is 5.58. The van der Waals surface area contributed by atoms with Crippen molar-refractivity contribution in [2.75, 3.05) is 20.8 Å². The van der Waals surface area contributed by atoms with Crippen molar-refractivity contribution in [3.63, 3.8) is 0 Å². The van der Waals surface area contributed by atoms with E-state index in [9.17, 15) is 21.6 Å². The summed E-state index contributed by atoms with van der Waals surface area (Å²) in [5, 5.41) is 0. The normalized spacial score (nSPS) is 17.4. The molecule has 2 aromatic rings. The molecular weight excluding hydrogens is 488 g/mol. The van der Waals surface area contributed by atoms with Crippen LogP contribution < -0.4 is 0 Å². The lowest BCUT2D eigenvalue weighted by Crippen LogP contribution is -2.38. The zero-order valence-electron chi connectivity index (χ0n) is 18.9. The summed E-state index contributed by atoms with van der Waals surface area (Å²) in [7, 11) is -6.27. The number of esters is 1. The largest absolute Gasteiger partial charge is 0.493 e. The molecule has 0 aliphatic carbocycles. The summed E-state index contributed by atoms with van der Waals surface area (Å²) in [4.78, 5) is 11.9. The van der Waals surface area contributed by atoms with Crippen LogP contribution in [0.3, 0.4) is 0 Å². The van der Waals surface area contributed by atoms with Crippen molar-refractivity contribution >= 4 is 26.2 Å². The molecule has 0 bridgehead atoms. The standard InChI is InChI=1S/C22H24O10S2/c1-14-5-9-16(10-6-14)33(24,25)30-13-18(19-20(28-3)21(29-4)22(23)31-19)32-34(26,27)17-11-7-15(2)8-12-17/h5-12,18-19H,13H2,1-4H3/t18-,19+/m0/s1. The van der Waals surface area contributed by atoms with Gasteiger partial charge in [-0.2, -0.15) is 16.8 Å². The Kier molecular flexibility index (Phi) is 7.66. The van der Waals surface area contributed by atoms with Gasteiger partial charge in [0.05, 0.1) is 30.6 Å². The first kappa shape index (κ1) is 25.7. The fourth-order valence-corrected chi connectivity index (χ4v) is 5.09. The molecule has 0 saturated carbocycles. The van der Waals surface area contributed by atoms with Crippen LogP contribution in [0.1, 0.15) is 11.1 Å². The van der Waals surface area contributed by atoms with E-state index in [1.165, 1.54) is 38.5 Å². The Morgan fingerprint density at radius 3 is 1.79 bits per heavy atom. The summed E-state index contributed by atoms with van der Waals surface area (Å²) in [6.07, 6.45) is -3.06. The first-order chi connectivity index (χ1) is 16.0. The Bertz CT molecular complexity index is 1280. The lowest BCUT2D eigenvalue weighted by atomic mass is 10.2. The van der Waals surface area contributed by atoms with Crippen LogP contribution in [0, 0.1) is 13.8 Å². The summed E-state index contributed by atoms with van der Waals surface area (Å²) >= 11 is 0. The Balaban J connectivity index is 1.93. The van der Waals surface area contributed by atoms with Crippen LogP contribution in [0.5, 0.6) is 0 Å². The minimum absolute atomic E-state index is 0.137. The highest BCUT2D eigenvalue weighted by atomic mass is 32.2. The number of hydrogen-bond donors (Lipinski definition) is 0. The summed E-state index contributed by atoms with van der Waals surface area (Å²) in [6, 6.07) is 11.7. The monoisotopic (exact) mass is 512 g/mol. The highest BCUT2D eigenvalue weighted by molar-refractivity contribution is 7.87. The second-order valence-electron chi connectivity index (χ2n) is 7.38. The summed E-state index contributed by atoms with van der Waals surface area (Å²) in [5.41, 5.74) is 1.66. The van der Waals surface area contributed by atoms with Gasteiger partial charge in [0.2, 0.25) is 5.76 Å². The first-order valence-corrected chi connectivity index (χ1v) is 12.8. The number of cyclic esters (lactones) is 1. The molecule has 0 amide bonds. The van der Waals surface area contributed by atoms with Crippen molar-refractivity contribution in [1.82, 2.24) is 0 Å². The number of aryl methyl sites for hydroxylation is 2. The number of benzene rings is 2. The molecule has 0 aromatic heterocycles. The van der Waals surface area contributed by atoms with Crippen molar-refractivity contribution in [2.24, 2.45) is 0 Å². The quantitative estimate of drug-likeness (QED) is 0.345. The highest BCUT2D eigenvalue weighted by Crippen LogP contribution is 2.30. The van der Waals surface area contributed by atoms with Crippen molar-refractivity contribution in [1.29, 1.82) is 0 Å². The third-order valence-corrected chi connectivity index (χ3v) is 7.57. The van der Waals surface area contributed by atoms with Gasteiger partial charge in [0.1, 0.15) is 6.10 Å². The molecule has 0 fully saturated rings. The van der Waals surface area contributed by atoms with Gasteiger partial charge in [-0.3, -0.25) is 8.37 Å². The average molecular weight is 513 g/mol. The first-order valence-electron chi connectivity index (χ1n) is 9.97. The molecule has 0 saturated heterocycles. The lowest BCUT2D eigenvalue weighted by Gasteiger charge is -2.23. The number of hydrogen-bond acceptors (Lipinski definition) is 10. The summed E-state index contributed by atoms with van der Waals surface area (Å²) in [5.74, 6) is -1.38. The van der Waals surface area contributed by atoms with E-state index in [1.54, 1.807) is 38.1 Å². The molecule has 1 aliphatic rings. The number of ether oxygens (including phenoxy) is 3. The maximum Gasteiger partial charge on any atom is 0.378 e. The maximum atomic E-state index is 12.9. The van der Waals surface area contributed by atoms with Crippen molar-refractivity contribution < 1.29 is 44.2 Å². The van der Waals surface area contributed by atoms with Crippen LogP contribution in [0.2, 0.25) is 0 Å². The molecule has 0 unspecified atom stereocenters. The topological polar surface area (TPSA) is 132 Å². The minimum Gasteiger partial charge on any atom is -0.493 e. The zero-order valence-corrected chi connectivity index (χ0v) is 20.5. The van der Waals surface area contributed by atoms with E-state index in [4.69, 9.17) is 22.6 Å². The van der Waals surface area contributed by atoms with Gasteiger partial charge in [-0.15, -0.1) is 0 Å². The number of methoxy groups -OCH3 is 2. The van der Waals surface area contributed by atoms with E-state index in [2.05, 4.69) is 0 Å². The zero-order chi connectivity index (χ0) is 25.1. The molecule has 2 atom stereocenters. The Hall–Kier alpha value is -2.93. The molecule has 2 aromatic carbocycles. The molecule has 0 N–H and O–H groups in total. The third-order valence-electron chi connectivity index (χ3n) is 4.92. The van der Waals surface area contributed by atoms with E-state index < -0.39 is 45.0 Å². The highest BCUT2D eigenvalue weighted by Gasteiger charge is 2.45. The fraction of sp³-hybridized carbons (Fsp3) is 0.318. The predicted molar refractivity (Wildman–Crippen MR) is 118 cm³/mol. The van der Waals surface area contributed by atoms with Gasteiger partial charge in [-0.1, -0.05) is 35.4 Å². The van der Waals surface area contributed by atoms with Gasteiger partial charge in [0, 0.05) is 0 Å². The van der Waals surface area contributed by atoms with Gasteiger partial charge in [-0.05, 0) is 38.1 Å². The Morgan fingerprint density at radius 2 is 1.32 bits per heavy atom. The predicted octanol–water partition coefficient (Wildman–Crippen LogP) is 2.21. The van der Waals surface area contributed by atoms with Gasteiger partial charge < -0.3 is 14.2 Å². The molecule has 1 aliphatic heterocycles. The number of rotatable bonds is 10. The summed E-state index contributed by atoms with van der Waals surface area (Å²) < 4.78 is 76.9. The molecule has 0 spiro atoms. The van der Waals surface area contributed by atoms with E-state index in [0.29, 0.717) is 0 Å². The van der Waals surface area contributed by atoms with Gasteiger partial charge in [0.25, 0.3) is 20.2 Å². The van der Waals surface area contributed by atoms with Gasteiger partial charge in [-0.25, -0.2) is 4.79 Å². The molecule has 3 rings (SSSR count). The molecule has 1 heterocycles. The van der Waals surface area contributed by atoms with E-state index >= 15 is 0 Å². The average Bonchev–Trinajstić information content (AvgIpc) is 3.12. The van der Waals surface area contributed by atoms with Crippen molar-refractivity contribution in [3.8, 4) is 0 Å². The van der Waals surface area contributed by atoms with Gasteiger partial charge in [0.15, 0.2) is 11.9 Å². The summed E-state index contributed by atoms with van der Waals surface area (Å²) in [6.45, 7) is 2.77. The molecule has 34 heavy (non-hydrogen) atoms. The van der Waals surface area contributed by atoms with Crippen LogP contribution in [0.15, 0.2) is 69.8 Å². The SMILES string of the molecule is COC1=C(OC)[C@@H]([C@H](COS(=O)(=O)c2ccc(C)cc2)OS(=O)(=O)c2ccc(C)cc2)OC1=O. The van der Waals surface area contributed by atoms with Crippen LogP contribution in [-0.4, -0.2) is 55.8 Å². The minimum atomic E-state index is -4.41. The lowest BCUT2D eigenvalue weighted by molar-refractivity contribution is -0.147. The van der Waals surface area contributed by atoms with Gasteiger partial charge >= 0.3 is 5.97 Å². The smallest absolute Gasteiger partial charge is 0.378 e. The van der Waals surface area contributed by atoms with E-state index in [-0.39, 0.29) is 21.3 Å². The van der Waals surface area contributed by atoms with Crippen LogP contribution in [0.25, 0.3) is 0 Å². The van der Waals surface area contributed by atoms with Crippen molar-refractivity contribution in [2.45, 2.75) is 35.8 Å². The number of carbonyl (C=O) groups excluding carboxylic acids is 1. The Morgan fingerprint density at radius 1 is 0.824 bits per heavy atom. The van der Waals surface area contributed by atoms with E-state index in [0.717, 1.165) is 11.1 Å². The molecule has 0 radical (unpaired) electrons. The molecule has 10 nitrogen and oxygen atoms in total. The van der Waals surface area contributed by atoms with Crippen LogP contribution in [-0.2, 0) is 47.6 Å². The maximum absolute atomic E-state index is 12.9. The molecular formula is C22H24O10S2. The fourth-order valence-electron chi connectivity index (χ4n) is 3.11. The Labute approximate surface area is 198 Å². The van der Waals surface area contributed by atoms with Crippen molar-refractivity contribution in [3.05, 3.63) is 71.2 Å². The van der Waals surface area contributed by atoms with Crippen LogP contribution >= 0.6 is 0 Å². The second kappa shape index (κ2) is 10.1. The number of carbonyl (C=O) groups is 1. The van der Waals surface area contributed by atoms with Crippen LogP contribution in [0.4, 0.5) is 0 Å². The second-order valence-corrected chi connectivity index (χ2v) is 10.6. The molecule has 184 valence electrons. The van der Waals surface area contributed by atoms with E-state index in [1.807, 2.05) is 0 Å². The molecule has 12 heteroatoms.